The molecule has 1 aromatic carbocycles. The van der Waals surface area contributed by atoms with Crippen LogP contribution in [-0.4, -0.2) is 0 Å². The van der Waals surface area contributed by atoms with Crippen molar-refractivity contribution in [1.82, 2.24) is 0 Å². The molecule has 0 unspecified atom stereocenters. The fraction of sp³-hybridized carbons (Fsp3) is 0.619. The largest absolute Gasteiger partial charge is 0.0884 e. The maximum absolute atomic E-state index is 2.34. The van der Waals surface area contributed by atoms with Gasteiger partial charge in [-0.25, -0.2) is 0 Å². The van der Waals surface area contributed by atoms with Gasteiger partial charge in [0.05, 0.1) is 0 Å². The first kappa shape index (κ1) is 18.0. The second-order valence-corrected chi connectivity index (χ2v) is 6.16. The van der Waals surface area contributed by atoms with Gasteiger partial charge in [0.25, 0.3) is 0 Å². The van der Waals surface area contributed by atoms with Crippen LogP contribution in [0.4, 0.5) is 0 Å². The molecule has 1 rings (SSSR count). The van der Waals surface area contributed by atoms with E-state index in [0.29, 0.717) is 0 Å². The summed E-state index contributed by atoms with van der Waals surface area (Å²) in [7, 11) is 0. The van der Waals surface area contributed by atoms with Crippen molar-refractivity contribution in [3.8, 4) is 0 Å². The Balaban J connectivity index is 2.04. The van der Waals surface area contributed by atoms with E-state index in [1.807, 2.05) is 0 Å². The average Bonchev–Trinajstić information content (AvgIpc) is 2.54. The summed E-state index contributed by atoms with van der Waals surface area (Å²) in [5, 5.41) is 0. The average molecular weight is 287 g/mol. The van der Waals surface area contributed by atoms with Gasteiger partial charge in [0.1, 0.15) is 0 Å². The van der Waals surface area contributed by atoms with Crippen LogP contribution in [0.3, 0.4) is 0 Å². The van der Waals surface area contributed by atoms with Crippen molar-refractivity contribution >= 4 is 0 Å². The number of hydrogen-bond acceptors (Lipinski definition) is 0. The maximum Gasteiger partial charge on any atom is -0.0241 e. The molecular weight excluding hydrogens is 252 g/mol. The SMILES string of the molecule is CC=C(CCCCCCCCCC)CCc1ccccc1. The molecule has 0 spiro atoms. The summed E-state index contributed by atoms with van der Waals surface area (Å²) in [6.45, 7) is 4.49. The molecule has 0 bridgehead atoms. The van der Waals surface area contributed by atoms with Crippen molar-refractivity contribution in [2.24, 2.45) is 0 Å². The van der Waals surface area contributed by atoms with E-state index in [0.717, 1.165) is 0 Å². The summed E-state index contributed by atoms with van der Waals surface area (Å²) >= 11 is 0. The molecule has 0 aliphatic rings. The van der Waals surface area contributed by atoms with Crippen molar-refractivity contribution in [3.05, 3.63) is 47.5 Å². The number of allylic oxidation sites excluding steroid dienone is 2. The molecule has 0 aromatic heterocycles. The zero-order chi connectivity index (χ0) is 15.2. The minimum Gasteiger partial charge on any atom is -0.0884 e. The number of aryl methyl sites for hydroxylation is 1. The van der Waals surface area contributed by atoms with Crippen LogP contribution in [0.1, 0.15) is 83.6 Å². The summed E-state index contributed by atoms with van der Waals surface area (Å²) in [4.78, 5) is 0. The third kappa shape index (κ3) is 9.50. The van der Waals surface area contributed by atoms with Crippen LogP contribution < -0.4 is 0 Å². The van der Waals surface area contributed by atoms with E-state index in [4.69, 9.17) is 0 Å². The number of benzene rings is 1. The summed E-state index contributed by atoms with van der Waals surface area (Å²) in [6.07, 6.45) is 17.4. The van der Waals surface area contributed by atoms with Gasteiger partial charge < -0.3 is 0 Å². The lowest BCUT2D eigenvalue weighted by atomic mass is 9.99. The minimum absolute atomic E-state index is 1.19. The van der Waals surface area contributed by atoms with Crippen LogP contribution in [0.25, 0.3) is 0 Å². The van der Waals surface area contributed by atoms with Crippen LogP contribution in [0.5, 0.6) is 0 Å². The third-order valence-electron chi connectivity index (χ3n) is 4.34. The molecule has 0 atom stereocenters. The zero-order valence-corrected chi connectivity index (χ0v) is 14.2. The van der Waals surface area contributed by atoms with Gasteiger partial charge >= 0.3 is 0 Å². The summed E-state index contributed by atoms with van der Waals surface area (Å²) < 4.78 is 0. The normalized spacial score (nSPS) is 11.8. The van der Waals surface area contributed by atoms with E-state index in [-0.39, 0.29) is 0 Å². The van der Waals surface area contributed by atoms with Crippen LogP contribution in [0, 0.1) is 0 Å². The molecule has 0 saturated carbocycles. The second-order valence-electron chi connectivity index (χ2n) is 6.16. The molecular formula is C21H34. The first-order valence-electron chi connectivity index (χ1n) is 9.04. The van der Waals surface area contributed by atoms with Gasteiger partial charge in [0.2, 0.25) is 0 Å². The fourth-order valence-corrected chi connectivity index (χ4v) is 2.85. The van der Waals surface area contributed by atoms with Gasteiger partial charge in [-0.1, -0.05) is 93.9 Å². The first-order chi connectivity index (χ1) is 10.4. The smallest absolute Gasteiger partial charge is 0.0241 e. The van der Waals surface area contributed by atoms with Crippen molar-refractivity contribution in [3.63, 3.8) is 0 Å². The molecule has 0 aliphatic heterocycles. The molecule has 0 fully saturated rings. The molecule has 0 radical (unpaired) electrons. The zero-order valence-electron chi connectivity index (χ0n) is 14.2. The van der Waals surface area contributed by atoms with Crippen LogP contribution in [0.2, 0.25) is 0 Å². The quantitative estimate of drug-likeness (QED) is 0.284. The van der Waals surface area contributed by atoms with E-state index < -0.39 is 0 Å². The van der Waals surface area contributed by atoms with Gasteiger partial charge in [0.15, 0.2) is 0 Å². The highest BCUT2D eigenvalue weighted by Crippen LogP contribution is 2.17. The second kappa shape index (κ2) is 12.7. The lowest BCUT2D eigenvalue weighted by Crippen LogP contribution is -1.90. The summed E-state index contributed by atoms with van der Waals surface area (Å²) in [5.74, 6) is 0. The van der Waals surface area contributed by atoms with Crippen LogP contribution in [-0.2, 0) is 6.42 Å². The lowest BCUT2D eigenvalue weighted by molar-refractivity contribution is 0.572. The van der Waals surface area contributed by atoms with Gasteiger partial charge in [-0.15, -0.1) is 0 Å². The predicted octanol–water partition coefficient (Wildman–Crippen LogP) is 7.10. The molecule has 0 aliphatic carbocycles. The van der Waals surface area contributed by atoms with Crippen molar-refractivity contribution in [2.75, 3.05) is 0 Å². The molecule has 0 N–H and O–H groups in total. The topological polar surface area (TPSA) is 0 Å². The van der Waals surface area contributed by atoms with E-state index in [9.17, 15) is 0 Å². The Morgan fingerprint density at radius 2 is 1.43 bits per heavy atom. The van der Waals surface area contributed by atoms with E-state index >= 15 is 0 Å². The molecule has 21 heavy (non-hydrogen) atoms. The van der Waals surface area contributed by atoms with E-state index in [1.54, 1.807) is 5.57 Å². The Morgan fingerprint density at radius 1 is 0.810 bits per heavy atom. The van der Waals surface area contributed by atoms with Crippen LogP contribution in [0.15, 0.2) is 42.0 Å². The van der Waals surface area contributed by atoms with Gasteiger partial charge in [-0.2, -0.15) is 0 Å². The Morgan fingerprint density at radius 3 is 2.05 bits per heavy atom. The third-order valence-corrected chi connectivity index (χ3v) is 4.34. The number of hydrogen-bond donors (Lipinski definition) is 0. The Labute approximate surface area is 132 Å². The first-order valence-corrected chi connectivity index (χ1v) is 9.04. The van der Waals surface area contributed by atoms with E-state index in [1.165, 1.54) is 76.2 Å². The van der Waals surface area contributed by atoms with Gasteiger partial charge in [0, 0.05) is 0 Å². The molecule has 1 aromatic rings. The highest BCUT2D eigenvalue weighted by atomic mass is 14.0. The van der Waals surface area contributed by atoms with Gasteiger partial charge in [-0.3, -0.25) is 0 Å². The van der Waals surface area contributed by atoms with Crippen molar-refractivity contribution in [1.29, 1.82) is 0 Å². The summed E-state index contributed by atoms with van der Waals surface area (Å²) in [5.41, 5.74) is 3.11. The molecule has 0 heteroatoms. The number of unbranched alkanes of at least 4 members (excludes halogenated alkanes) is 7. The highest BCUT2D eigenvalue weighted by Gasteiger charge is 1.99. The molecule has 118 valence electrons. The highest BCUT2D eigenvalue weighted by molar-refractivity contribution is 5.16. The molecule has 0 amide bonds. The maximum atomic E-state index is 2.34. The summed E-state index contributed by atoms with van der Waals surface area (Å²) in [6, 6.07) is 10.9. The Kier molecular flexibility index (Phi) is 10.9. The Bertz CT molecular complexity index is 361. The predicted molar refractivity (Wildman–Crippen MR) is 95.7 cm³/mol. The molecule has 0 heterocycles. The van der Waals surface area contributed by atoms with Crippen LogP contribution >= 0.6 is 0 Å². The monoisotopic (exact) mass is 286 g/mol. The van der Waals surface area contributed by atoms with Crippen molar-refractivity contribution < 1.29 is 0 Å². The number of rotatable bonds is 12. The minimum atomic E-state index is 1.19. The Hall–Kier alpha value is -1.04. The van der Waals surface area contributed by atoms with Gasteiger partial charge in [-0.05, 0) is 38.2 Å². The van der Waals surface area contributed by atoms with Crippen molar-refractivity contribution in [2.45, 2.75) is 84.5 Å². The fourth-order valence-electron chi connectivity index (χ4n) is 2.85. The standard InChI is InChI=1S/C21H34/c1-3-5-6-7-8-9-10-12-15-20(4-2)18-19-21-16-13-11-14-17-21/h4,11,13-14,16-17H,3,5-10,12,15,18-19H2,1-2H3. The molecule has 0 saturated heterocycles. The lowest BCUT2D eigenvalue weighted by Gasteiger charge is -2.07. The van der Waals surface area contributed by atoms with E-state index in [2.05, 4.69) is 50.3 Å². The molecule has 0 nitrogen and oxygen atoms in total.